The molecule has 2 rings (SSSR count). The Morgan fingerprint density at radius 3 is 2.63 bits per heavy atom. The lowest BCUT2D eigenvalue weighted by molar-refractivity contribution is 0.603. The molecule has 19 heavy (non-hydrogen) atoms. The van der Waals surface area contributed by atoms with Crippen molar-refractivity contribution in [2.24, 2.45) is 0 Å². The van der Waals surface area contributed by atoms with E-state index in [0.717, 1.165) is 55.3 Å². The van der Waals surface area contributed by atoms with Gasteiger partial charge in [0.2, 0.25) is 0 Å². The maximum atomic E-state index is 6.22. The SMILES string of the molecule is CCCc1nc(-c2cnn(CCC)c2)c(N)n1CC. The van der Waals surface area contributed by atoms with Gasteiger partial charge in [-0.15, -0.1) is 0 Å². The summed E-state index contributed by atoms with van der Waals surface area (Å²) < 4.78 is 4.04. The summed E-state index contributed by atoms with van der Waals surface area (Å²) in [4.78, 5) is 4.70. The van der Waals surface area contributed by atoms with Gasteiger partial charge in [-0.25, -0.2) is 4.98 Å². The highest BCUT2D eigenvalue weighted by molar-refractivity contribution is 5.69. The minimum Gasteiger partial charge on any atom is -0.383 e. The highest BCUT2D eigenvalue weighted by Gasteiger charge is 2.15. The van der Waals surface area contributed by atoms with Crippen molar-refractivity contribution >= 4 is 5.82 Å². The van der Waals surface area contributed by atoms with E-state index in [9.17, 15) is 0 Å². The normalized spacial score (nSPS) is 11.1. The van der Waals surface area contributed by atoms with Gasteiger partial charge in [-0.2, -0.15) is 5.10 Å². The molecule has 0 fully saturated rings. The van der Waals surface area contributed by atoms with Crippen LogP contribution in [0.1, 0.15) is 39.4 Å². The molecular weight excluding hydrogens is 238 g/mol. The molecule has 0 aromatic carbocycles. The van der Waals surface area contributed by atoms with Crippen LogP contribution in [0.15, 0.2) is 12.4 Å². The fourth-order valence-corrected chi connectivity index (χ4v) is 2.33. The Labute approximate surface area is 114 Å². The summed E-state index contributed by atoms with van der Waals surface area (Å²) in [6.45, 7) is 8.18. The number of imidazole rings is 1. The molecule has 0 bridgehead atoms. The molecule has 104 valence electrons. The molecule has 0 unspecified atom stereocenters. The van der Waals surface area contributed by atoms with Gasteiger partial charge in [-0.1, -0.05) is 13.8 Å². The molecule has 0 aliphatic heterocycles. The first-order chi connectivity index (χ1) is 9.21. The van der Waals surface area contributed by atoms with Crippen LogP contribution in [0.2, 0.25) is 0 Å². The maximum absolute atomic E-state index is 6.22. The molecule has 0 amide bonds. The van der Waals surface area contributed by atoms with Gasteiger partial charge < -0.3 is 10.3 Å². The smallest absolute Gasteiger partial charge is 0.131 e. The maximum Gasteiger partial charge on any atom is 0.131 e. The standard InChI is InChI=1S/C14H23N5/c1-4-7-12-17-13(14(15)19(12)6-3)11-9-16-18(10-11)8-5-2/h9-10H,4-8,15H2,1-3H3. The van der Waals surface area contributed by atoms with E-state index in [0.29, 0.717) is 0 Å². The van der Waals surface area contributed by atoms with Crippen LogP contribution in [0, 0.1) is 0 Å². The molecule has 2 aromatic heterocycles. The molecule has 5 nitrogen and oxygen atoms in total. The minimum absolute atomic E-state index is 0.752. The first kappa shape index (κ1) is 13.6. The average molecular weight is 261 g/mol. The van der Waals surface area contributed by atoms with E-state index in [1.165, 1.54) is 0 Å². The van der Waals surface area contributed by atoms with Crippen LogP contribution in [0.4, 0.5) is 5.82 Å². The van der Waals surface area contributed by atoms with E-state index < -0.39 is 0 Å². The Morgan fingerprint density at radius 1 is 1.21 bits per heavy atom. The number of nitrogen functional groups attached to an aromatic ring is 1. The Hall–Kier alpha value is -1.78. The molecule has 2 N–H and O–H groups in total. The summed E-state index contributed by atoms with van der Waals surface area (Å²) in [5.41, 5.74) is 8.10. The quantitative estimate of drug-likeness (QED) is 0.869. The van der Waals surface area contributed by atoms with Crippen molar-refractivity contribution in [1.29, 1.82) is 0 Å². The number of hydrogen-bond acceptors (Lipinski definition) is 3. The molecule has 0 radical (unpaired) electrons. The fourth-order valence-electron chi connectivity index (χ4n) is 2.33. The Kier molecular flexibility index (Phi) is 4.24. The zero-order chi connectivity index (χ0) is 13.8. The van der Waals surface area contributed by atoms with Crippen molar-refractivity contribution in [2.75, 3.05) is 5.73 Å². The number of rotatable bonds is 6. The second-order valence-corrected chi connectivity index (χ2v) is 4.75. The summed E-state index contributed by atoms with van der Waals surface area (Å²) in [5, 5.41) is 4.35. The summed E-state index contributed by atoms with van der Waals surface area (Å²) in [6, 6.07) is 0. The number of aromatic nitrogens is 4. The predicted molar refractivity (Wildman–Crippen MR) is 77.8 cm³/mol. The van der Waals surface area contributed by atoms with E-state index in [4.69, 9.17) is 10.7 Å². The zero-order valence-electron chi connectivity index (χ0n) is 12.1. The molecule has 0 saturated heterocycles. The highest BCUT2D eigenvalue weighted by Crippen LogP contribution is 2.26. The van der Waals surface area contributed by atoms with E-state index in [2.05, 4.69) is 30.4 Å². The third kappa shape index (κ3) is 2.64. The first-order valence-electron chi connectivity index (χ1n) is 7.08. The summed E-state index contributed by atoms with van der Waals surface area (Å²) >= 11 is 0. The summed E-state index contributed by atoms with van der Waals surface area (Å²) in [6.07, 6.45) is 6.98. The van der Waals surface area contributed by atoms with Gasteiger partial charge in [-0.05, 0) is 19.8 Å². The lowest BCUT2D eigenvalue weighted by Gasteiger charge is -2.04. The lowest BCUT2D eigenvalue weighted by Crippen LogP contribution is -2.05. The Balaban J connectivity index is 2.37. The third-order valence-electron chi connectivity index (χ3n) is 3.24. The lowest BCUT2D eigenvalue weighted by atomic mass is 10.2. The monoisotopic (exact) mass is 261 g/mol. The molecular formula is C14H23N5. The van der Waals surface area contributed by atoms with Crippen LogP contribution >= 0.6 is 0 Å². The number of nitrogens with two attached hydrogens (primary N) is 1. The molecule has 0 saturated carbocycles. The second-order valence-electron chi connectivity index (χ2n) is 4.75. The number of anilines is 1. The van der Waals surface area contributed by atoms with Crippen LogP contribution in [-0.4, -0.2) is 19.3 Å². The van der Waals surface area contributed by atoms with E-state index in [1.54, 1.807) is 0 Å². The molecule has 2 aromatic rings. The second kappa shape index (κ2) is 5.91. The van der Waals surface area contributed by atoms with Crippen molar-refractivity contribution in [3.63, 3.8) is 0 Å². The van der Waals surface area contributed by atoms with Crippen molar-refractivity contribution < 1.29 is 0 Å². The number of hydrogen-bond donors (Lipinski definition) is 1. The molecule has 0 aliphatic rings. The topological polar surface area (TPSA) is 61.7 Å². The van der Waals surface area contributed by atoms with Crippen molar-refractivity contribution in [1.82, 2.24) is 19.3 Å². The minimum atomic E-state index is 0.752. The van der Waals surface area contributed by atoms with Crippen LogP contribution in [0.25, 0.3) is 11.3 Å². The van der Waals surface area contributed by atoms with Crippen LogP contribution < -0.4 is 5.73 Å². The van der Waals surface area contributed by atoms with E-state index in [1.807, 2.05) is 17.1 Å². The van der Waals surface area contributed by atoms with Gasteiger partial charge in [0.05, 0.1) is 6.20 Å². The Bertz CT molecular complexity index is 538. The molecule has 5 heteroatoms. The summed E-state index contributed by atoms with van der Waals surface area (Å²) in [5.74, 6) is 1.82. The zero-order valence-corrected chi connectivity index (χ0v) is 12.1. The van der Waals surface area contributed by atoms with E-state index in [-0.39, 0.29) is 0 Å². The van der Waals surface area contributed by atoms with Crippen LogP contribution in [-0.2, 0) is 19.5 Å². The van der Waals surface area contributed by atoms with Gasteiger partial charge in [0.1, 0.15) is 17.3 Å². The third-order valence-corrected chi connectivity index (χ3v) is 3.24. The molecule has 0 atom stereocenters. The predicted octanol–water partition coefficient (Wildman–Crippen LogP) is 2.71. The first-order valence-corrected chi connectivity index (χ1v) is 7.08. The van der Waals surface area contributed by atoms with Crippen LogP contribution in [0.5, 0.6) is 0 Å². The van der Waals surface area contributed by atoms with Gasteiger partial charge in [-0.3, -0.25) is 4.68 Å². The van der Waals surface area contributed by atoms with Gasteiger partial charge in [0.25, 0.3) is 0 Å². The fraction of sp³-hybridized carbons (Fsp3) is 0.571. The summed E-state index contributed by atoms with van der Waals surface area (Å²) in [7, 11) is 0. The molecule has 0 spiro atoms. The largest absolute Gasteiger partial charge is 0.383 e. The number of aryl methyl sites for hydroxylation is 2. The number of nitrogens with zero attached hydrogens (tertiary/aromatic N) is 4. The van der Waals surface area contributed by atoms with Gasteiger partial charge >= 0.3 is 0 Å². The average Bonchev–Trinajstić information content (AvgIpc) is 2.96. The van der Waals surface area contributed by atoms with Crippen LogP contribution in [0.3, 0.4) is 0 Å². The molecule has 0 aliphatic carbocycles. The molecule has 2 heterocycles. The Morgan fingerprint density at radius 2 is 2.00 bits per heavy atom. The van der Waals surface area contributed by atoms with Crippen molar-refractivity contribution in [3.05, 3.63) is 18.2 Å². The van der Waals surface area contributed by atoms with E-state index >= 15 is 0 Å². The highest BCUT2D eigenvalue weighted by atomic mass is 15.3. The van der Waals surface area contributed by atoms with Crippen molar-refractivity contribution in [2.45, 2.75) is 53.1 Å². The van der Waals surface area contributed by atoms with Gasteiger partial charge in [0, 0.05) is 31.3 Å². The van der Waals surface area contributed by atoms with Gasteiger partial charge in [0.15, 0.2) is 0 Å². The van der Waals surface area contributed by atoms with Crippen molar-refractivity contribution in [3.8, 4) is 11.3 Å².